The van der Waals surface area contributed by atoms with E-state index in [1.807, 2.05) is 0 Å². The zero-order valence-corrected chi connectivity index (χ0v) is 9.65. The van der Waals surface area contributed by atoms with Gasteiger partial charge in [0.05, 0.1) is 6.54 Å². The summed E-state index contributed by atoms with van der Waals surface area (Å²) in [7, 11) is -0.663. The van der Waals surface area contributed by atoms with Crippen LogP contribution in [0.15, 0.2) is 12.7 Å². The summed E-state index contributed by atoms with van der Waals surface area (Å²) >= 11 is 0. The number of rotatable bonds is 5. The molecule has 0 spiro atoms. The Morgan fingerprint density at radius 3 is 2.73 bits per heavy atom. The normalized spacial score (nSPS) is 25.9. The van der Waals surface area contributed by atoms with E-state index in [4.69, 9.17) is 0 Å². The number of carbonyl (C=O) groups is 1. The number of hydrogen-bond acceptors (Lipinski definition) is 3. The Morgan fingerprint density at radius 1 is 1.47 bits per heavy atom. The van der Waals surface area contributed by atoms with E-state index in [-0.39, 0.29) is 11.9 Å². The second-order valence-corrected chi connectivity index (χ2v) is 5.31. The first-order valence-electron chi connectivity index (χ1n) is 5.18. The predicted molar refractivity (Wildman–Crippen MR) is 62.1 cm³/mol. The van der Waals surface area contributed by atoms with E-state index in [1.165, 1.54) is 0 Å². The summed E-state index contributed by atoms with van der Waals surface area (Å²) in [5.74, 6) is 1.44. The van der Waals surface area contributed by atoms with Crippen LogP contribution in [0.1, 0.15) is 12.8 Å². The van der Waals surface area contributed by atoms with Gasteiger partial charge in [-0.15, -0.1) is 6.58 Å². The summed E-state index contributed by atoms with van der Waals surface area (Å²) in [5, 5.41) is 5.87. The Morgan fingerprint density at radius 2 is 2.13 bits per heavy atom. The van der Waals surface area contributed by atoms with E-state index in [2.05, 4.69) is 17.2 Å². The van der Waals surface area contributed by atoms with E-state index in [0.717, 1.165) is 12.8 Å². The van der Waals surface area contributed by atoms with Crippen LogP contribution in [0.25, 0.3) is 0 Å². The fraction of sp³-hybridized carbons (Fsp3) is 0.700. The minimum atomic E-state index is -0.663. The van der Waals surface area contributed by atoms with Crippen molar-refractivity contribution in [2.24, 2.45) is 0 Å². The van der Waals surface area contributed by atoms with Crippen LogP contribution in [-0.4, -0.2) is 40.8 Å². The van der Waals surface area contributed by atoms with Crippen LogP contribution in [0.2, 0.25) is 0 Å². The SMILES string of the molecule is C=CCNCC(=O)NC1CCS(=O)CC1. The highest BCUT2D eigenvalue weighted by molar-refractivity contribution is 7.85. The van der Waals surface area contributed by atoms with Gasteiger partial charge in [0.1, 0.15) is 0 Å². The van der Waals surface area contributed by atoms with Crippen LogP contribution in [-0.2, 0) is 15.6 Å². The molecule has 1 aliphatic heterocycles. The lowest BCUT2D eigenvalue weighted by Crippen LogP contribution is -2.43. The third-order valence-corrected chi connectivity index (χ3v) is 3.71. The monoisotopic (exact) mass is 230 g/mol. The van der Waals surface area contributed by atoms with Crippen molar-refractivity contribution in [1.82, 2.24) is 10.6 Å². The second-order valence-electron chi connectivity index (χ2n) is 3.61. The highest BCUT2D eigenvalue weighted by Gasteiger charge is 2.18. The minimum absolute atomic E-state index is 0.00883. The molecule has 0 aromatic rings. The van der Waals surface area contributed by atoms with Crippen molar-refractivity contribution < 1.29 is 9.00 Å². The van der Waals surface area contributed by atoms with Crippen molar-refractivity contribution in [2.75, 3.05) is 24.6 Å². The minimum Gasteiger partial charge on any atom is -0.352 e. The van der Waals surface area contributed by atoms with Gasteiger partial charge in [-0.05, 0) is 12.8 Å². The van der Waals surface area contributed by atoms with Gasteiger partial charge in [-0.1, -0.05) is 6.08 Å². The molecule has 86 valence electrons. The summed E-state index contributed by atoms with van der Waals surface area (Å²) in [6, 6.07) is 0.209. The van der Waals surface area contributed by atoms with Crippen LogP contribution >= 0.6 is 0 Å². The van der Waals surface area contributed by atoms with E-state index < -0.39 is 10.8 Å². The lowest BCUT2D eigenvalue weighted by Gasteiger charge is -2.22. The van der Waals surface area contributed by atoms with Gasteiger partial charge in [0.15, 0.2) is 0 Å². The van der Waals surface area contributed by atoms with Gasteiger partial charge in [-0.25, -0.2) is 0 Å². The van der Waals surface area contributed by atoms with Gasteiger partial charge in [0.25, 0.3) is 0 Å². The Labute approximate surface area is 93.0 Å². The van der Waals surface area contributed by atoms with E-state index in [1.54, 1.807) is 6.08 Å². The molecule has 2 N–H and O–H groups in total. The number of hydrogen-bond donors (Lipinski definition) is 2. The third kappa shape index (κ3) is 5.09. The molecule has 1 rings (SSSR count). The molecule has 1 heterocycles. The van der Waals surface area contributed by atoms with Crippen molar-refractivity contribution >= 4 is 16.7 Å². The smallest absolute Gasteiger partial charge is 0.234 e. The maximum absolute atomic E-state index is 11.4. The van der Waals surface area contributed by atoms with Crippen LogP contribution < -0.4 is 10.6 Å². The topological polar surface area (TPSA) is 58.2 Å². The molecule has 5 heteroatoms. The van der Waals surface area contributed by atoms with Crippen molar-refractivity contribution in [1.29, 1.82) is 0 Å². The highest BCUT2D eigenvalue weighted by Crippen LogP contribution is 2.08. The Balaban J connectivity index is 2.14. The molecule has 1 fully saturated rings. The standard InChI is InChI=1S/C10H18N2O2S/c1-2-5-11-8-10(13)12-9-3-6-15(14)7-4-9/h2,9,11H,1,3-8H2,(H,12,13). The molecule has 0 unspecified atom stereocenters. The highest BCUT2D eigenvalue weighted by atomic mass is 32.2. The third-order valence-electron chi connectivity index (χ3n) is 2.33. The van der Waals surface area contributed by atoms with Crippen LogP contribution in [0.4, 0.5) is 0 Å². The lowest BCUT2D eigenvalue weighted by atomic mass is 10.1. The van der Waals surface area contributed by atoms with Crippen molar-refractivity contribution in [3.05, 3.63) is 12.7 Å². The summed E-state index contributed by atoms with van der Waals surface area (Å²) < 4.78 is 11.1. The van der Waals surface area contributed by atoms with Gasteiger partial charge < -0.3 is 10.6 Å². The Bertz CT molecular complexity index is 246. The van der Waals surface area contributed by atoms with Crippen molar-refractivity contribution in [2.45, 2.75) is 18.9 Å². The molecule has 0 radical (unpaired) electrons. The molecule has 15 heavy (non-hydrogen) atoms. The summed E-state index contributed by atoms with van der Waals surface area (Å²) in [5.41, 5.74) is 0. The van der Waals surface area contributed by atoms with Gasteiger partial charge in [-0.2, -0.15) is 0 Å². The lowest BCUT2D eigenvalue weighted by molar-refractivity contribution is -0.120. The predicted octanol–water partition coefficient (Wildman–Crippen LogP) is -0.211. The average Bonchev–Trinajstić information content (AvgIpc) is 2.22. The zero-order valence-electron chi connectivity index (χ0n) is 8.83. The molecule has 1 aliphatic rings. The molecule has 0 aromatic carbocycles. The Kier molecular flexibility index (Phi) is 5.57. The number of amides is 1. The van der Waals surface area contributed by atoms with Gasteiger partial charge in [0, 0.05) is 34.9 Å². The molecule has 0 saturated carbocycles. The quantitative estimate of drug-likeness (QED) is 0.507. The van der Waals surface area contributed by atoms with Gasteiger partial charge >= 0.3 is 0 Å². The second kappa shape index (κ2) is 6.74. The molecule has 0 aliphatic carbocycles. The molecule has 0 bridgehead atoms. The Hall–Kier alpha value is -0.680. The fourth-order valence-corrected chi connectivity index (χ4v) is 2.80. The molecule has 1 amide bonds. The van der Waals surface area contributed by atoms with Crippen LogP contribution in [0, 0.1) is 0 Å². The van der Waals surface area contributed by atoms with Crippen molar-refractivity contribution in [3.63, 3.8) is 0 Å². The van der Waals surface area contributed by atoms with Crippen LogP contribution in [0.5, 0.6) is 0 Å². The zero-order chi connectivity index (χ0) is 11.1. The molecule has 0 atom stereocenters. The fourth-order valence-electron chi connectivity index (χ4n) is 1.50. The van der Waals surface area contributed by atoms with Crippen LogP contribution in [0.3, 0.4) is 0 Å². The molecular formula is C10H18N2O2S. The first-order chi connectivity index (χ1) is 7.22. The van der Waals surface area contributed by atoms with E-state index in [9.17, 15) is 9.00 Å². The first kappa shape index (κ1) is 12.4. The van der Waals surface area contributed by atoms with E-state index >= 15 is 0 Å². The molecule has 1 saturated heterocycles. The number of nitrogens with one attached hydrogen (secondary N) is 2. The van der Waals surface area contributed by atoms with Crippen molar-refractivity contribution in [3.8, 4) is 0 Å². The summed E-state index contributed by atoms with van der Waals surface area (Å²) in [6.45, 7) is 4.52. The maximum atomic E-state index is 11.4. The van der Waals surface area contributed by atoms with E-state index in [0.29, 0.717) is 24.6 Å². The molecule has 4 nitrogen and oxygen atoms in total. The largest absolute Gasteiger partial charge is 0.352 e. The summed E-state index contributed by atoms with van der Waals surface area (Å²) in [6.07, 6.45) is 3.39. The van der Waals surface area contributed by atoms with Gasteiger partial charge in [-0.3, -0.25) is 9.00 Å². The van der Waals surface area contributed by atoms with Gasteiger partial charge in [0.2, 0.25) is 5.91 Å². The number of carbonyl (C=O) groups excluding carboxylic acids is 1. The summed E-state index contributed by atoms with van der Waals surface area (Å²) in [4.78, 5) is 11.4. The molecule has 0 aromatic heterocycles. The molecular weight excluding hydrogens is 212 g/mol. The average molecular weight is 230 g/mol. The first-order valence-corrected chi connectivity index (χ1v) is 6.67. The maximum Gasteiger partial charge on any atom is 0.234 e.